The molecule has 0 saturated carbocycles. The second-order valence-corrected chi connectivity index (χ2v) is 7.53. The number of nitrogens with one attached hydrogen (secondary N) is 2. The molecule has 3 rings (SSSR count). The van der Waals surface area contributed by atoms with Crippen LogP contribution in [-0.2, 0) is 10.0 Å². The van der Waals surface area contributed by atoms with Crippen molar-refractivity contribution in [3.05, 3.63) is 78.0 Å². The molecule has 6 heteroatoms. The van der Waals surface area contributed by atoms with Gasteiger partial charge in [0.15, 0.2) is 0 Å². The van der Waals surface area contributed by atoms with Crippen molar-refractivity contribution in [2.45, 2.75) is 18.7 Å². The molecule has 3 aromatic rings. The first-order chi connectivity index (χ1) is 11.9. The summed E-state index contributed by atoms with van der Waals surface area (Å²) in [7, 11) is -3.63. The van der Waals surface area contributed by atoms with Gasteiger partial charge in [-0.3, -0.25) is 4.72 Å². The molecule has 0 unspecified atom stereocenters. The van der Waals surface area contributed by atoms with E-state index in [9.17, 15) is 8.42 Å². The van der Waals surface area contributed by atoms with Gasteiger partial charge in [-0.2, -0.15) is 0 Å². The van der Waals surface area contributed by atoms with Crippen LogP contribution in [0.5, 0.6) is 0 Å². The smallest absolute Gasteiger partial charge is 0.263 e. The van der Waals surface area contributed by atoms with Gasteiger partial charge in [0.2, 0.25) is 0 Å². The van der Waals surface area contributed by atoms with Crippen molar-refractivity contribution in [2.75, 3.05) is 10.0 Å². The number of sulfonamides is 1. The fourth-order valence-corrected chi connectivity index (χ4v) is 3.57. The van der Waals surface area contributed by atoms with Crippen molar-refractivity contribution in [3.63, 3.8) is 0 Å². The summed E-state index contributed by atoms with van der Waals surface area (Å²) >= 11 is 0. The number of aromatic nitrogens is 1. The molecular formula is C19H19N3O2S. The second-order valence-electron chi connectivity index (χ2n) is 5.85. The normalized spacial score (nSPS) is 11.1. The van der Waals surface area contributed by atoms with Crippen molar-refractivity contribution in [1.82, 2.24) is 4.98 Å². The van der Waals surface area contributed by atoms with Gasteiger partial charge in [0.25, 0.3) is 10.0 Å². The summed E-state index contributed by atoms with van der Waals surface area (Å²) in [6.07, 6.45) is 1.60. The van der Waals surface area contributed by atoms with Gasteiger partial charge < -0.3 is 5.32 Å². The zero-order chi connectivity index (χ0) is 17.9. The Morgan fingerprint density at radius 2 is 1.52 bits per heavy atom. The standard InChI is InChI=1S/C19H19N3O2S/c1-14-10-15(2)12-17(11-14)21-16-8-9-19(20-13-16)22-25(23,24)18-6-4-3-5-7-18/h3-13,21H,1-2H3,(H,20,22). The summed E-state index contributed by atoms with van der Waals surface area (Å²) < 4.78 is 27.0. The summed E-state index contributed by atoms with van der Waals surface area (Å²) in [6.45, 7) is 4.08. The van der Waals surface area contributed by atoms with Crippen LogP contribution in [0.2, 0.25) is 0 Å². The molecule has 0 spiro atoms. The molecule has 1 aromatic heterocycles. The first kappa shape index (κ1) is 17.0. The largest absolute Gasteiger partial charge is 0.354 e. The van der Waals surface area contributed by atoms with Gasteiger partial charge in [0, 0.05) is 5.69 Å². The molecule has 0 bridgehead atoms. The Bertz CT molecular complexity index is 949. The highest BCUT2D eigenvalue weighted by molar-refractivity contribution is 7.92. The highest BCUT2D eigenvalue weighted by Gasteiger charge is 2.13. The number of benzene rings is 2. The molecule has 5 nitrogen and oxygen atoms in total. The maximum Gasteiger partial charge on any atom is 0.263 e. The van der Waals surface area contributed by atoms with Gasteiger partial charge in [-0.25, -0.2) is 13.4 Å². The van der Waals surface area contributed by atoms with E-state index in [0.717, 1.165) is 11.4 Å². The quantitative estimate of drug-likeness (QED) is 0.719. The third-order valence-electron chi connectivity index (χ3n) is 3.57. The van der Waals surface area contributed by atoms with E-state index in [2.05, 4.69) is 21.1 Å². The van der Waals surface area contributed by atoms with Crippen LogP contribution >= 0.6 is 0 Å². The van der Waals surface area contributed by atoms with Crippen LogP contribution in [0.25, 0.3) is 0 Å². The van der Waals surface area contributed by atoms with E-state index in [1.807, 2.05) is 26.0 Å². The van der Waals surface area contributed by atoms with E-state index in [1.54, 1.807) is 48.7 Å². The number of rotatable bonds is 5. The molecule has 0 fully saturated rings. The minimum atomic E-state index is -3.63. The maximum atomic E-state index is 12.3. The predicted octanol–water partition coefficient (Wildman–Crippen LogP) is 4.24. The third-order valence-corrected chi connectivity index (χ3v) is 4.94. The fraction of sp³-hybridized carbons (Fsp3) is 0.105. The Hall–Kier alpha value is -2.86. The van der Waals surface area contributed by atoms with Crippen molar-refractivity contribution in [2.24, 2.45) is 0 Å². The minimum Gasteiger partial charge on any atom is -0.354 e. The van der Waals surface area contributed by atoms with Crippen LogP contribution in [-0.4, -0.2) is 13.4 Å². The average Bonchev–Trinajstić information content (AvgIpc) is 2.56. The van der Waals surface area contributed by atoms with Gasteiger partial charge in [-0.1, -0.05) is 24.3 Å². The van der Waals surface area contributed by atoms with E-state index in [1.165, 1.54) is 11.1 Å². The first-order valence-electron chi connectivity index (χ1n) is 7.82. The van der Waals surface area contributed by atoms with Crippen LogP contribution in [0.15, 0.2) is 71.8 Å². The third kappa shape index (κ3) is 4.36. The topological polar surface area (TPSA) is 71.1 Å². The van der Waals surface area contributed by atoms with Crippen molar-refractivity contribution in [1.29, 1.82) is 0 Å². The lowest BCUT2D eigenvalue weighted by Crippen LogP contribution is -2.13. The van der Waals surface area contributed by atoms with Crippen LogP contribution in [0, 0.1) is 13.8 Å². The number of aryl methyl sites for hydroxylation is 2. The first-order valence-corrected chi connectivity index (χ1v) is 9.30. The number of anilines is 3. The molecular weight excluding hydrogens is 334 g/mol. The Morgan fingerprint density at radius 1 is 0.840 bits per heavy atom. The molecule has 0 aliphatic heterocycles. The van der Waals surface area contributed by atoms with Crippen LogP contribution in [0.1, 0.15) is 11.1 Å². The molecule has 2 aromatic carbocycles. The highest BCUT2D eigenvalue weighted by atomic mass is 32.2. The molecule has 0 amide bonds. The van der Waals surface area contributed by atoms with Crippen LogP contribution < -0.4 is 10.0 Å². The monoisotopic (exact) mass is 353 g/mol. The van der Waals surface area contributed by atoms with E-state index < -0.39 is 10.0 Å². The minimum absolute atomic E-state index is 0.203. The van der Waals surface area contributed by atoms with Gasteiger partial charge in [0.1, 0.15) is 5.82 Å². The van der Waals surface area contributed by atoms with Crippen LogP contribution in [0.3, 0.4) is 0 Å². The van der Waals surface area contributed by atoms with E-state index >= 15 is 0 Å². The number of hydrogen-bond acceptors (Lipinski definition) is 4. The molecule has 128 valence electrons. The summed E-state index contributed by atoms with van der Waals surface area (Å²) in [5, 5.41) is 3.27. The molecule has 2 N–H and O–H groups in total. The van der Waals surface area contributed by atoms with E-state index in [4.69, 9.17) is 0 Å². The molecule has 0 atom stereocenters. The summed E-state index contributed by atoms with van der Waals surface area (Å²) in [5.41, 5.74) is 4.09. The summed E-state index contributed by atoms with van der Waals surface area (Å²) in [5.74, 6) is 0.273. The van der Waals surface area contributed by atoms with Crippen LogP contribution in [0.4, 0.5) is 17.2 Å². The lowest BCUT2D eigenvalue weighted by molar-refractivity contribution is 0.601. The molecule has 0 aliphatic rings. The van der Waals surface area contributed by atoms with Gasteiger partial charge in [0.05, 0.1) is 16.8 Å². The SMILES string of the molecule is Cc1cc(C)cc(Nc2ccc(NS(=O)(=O)c3ccccc3)nc2)c1. The van der Waals surface area contributed by atoms with Gasteiger partial charge in [-0.05, 0) is 61.4 Å². The van der Waals surface area contributed by atoms with E-state index in [0.29, 0.717) is 0 Å². The molecule has 0 radical (unpaired) electrons. The Balaban J connectivity index is 1.74. The average molecular weight is 353 g/mol. The summed E-state index contributed by atoms with van der Waals surface area (Å²) in [4.78, 5) is 4.38. The number of pyridine rings is 1. The molecule has 0 saturated heterocycles. The lowest BCUT2D eigenvalue weighted by Gasteiger charge is -2.10. The zero-order valence-corrected chi connectivity index (χ0v) is 14.8. The number of nitrogens with zero attached hydrogens (tertiary/aromatic N) is 1. The molecule has 1 heterocycles. The molecule has 25 heavy (non-hydrogen) atoms. The maximum absolute atomic E-state index is 12.3. The highest BCUT2D eigenvalue weighted by Crippen LogP contribution is 2.21. The van der Waals surface area contributed by atoms with Gasteiger partial charge >= 0.3 is 0 Å². The zero-order valence-electron chi connectivity index (χ0n) is 14.0. The van der Waals surface area contributed by atoms with Crippen molar-refractivity contribution >= 4 is 27.2 Å². The number of hydrogen-bond donors (Lipinski definition) is 2. The summed E-state index contributed by atoms with van der Waals surface area (Å²) in [6, 6.07) is 17.8. The van der Waals surface area contributed by atoms with E-state index in [-0.39, 0.29) is 10.7 Å². The molecule has 0 aliphatic carbocycles. The second kappa shape index (κ2) is 6.94. The lowest BCUT2D eigenvalue weighted by atomic mass is 10.1. The Kier molecular flexibility index (Phi) is 4.72. The Morgan fingerprint density at radius 3 is 2.12 bits per heavy atom. The van der Waals surface area contributed by atoms with Crippen molar-refractivity contribution in [3.8, 4) is 0 Å². The van der Waals surface area contributed by atoms with Crippen molar-refractivity contribution < 1.29 is 8.42 Å². The Labute approximate surface area is 147 Å². The van der Waals surface area contributed by atoms with Gasteiger partial charge in [-0.15, -0.1) is 0 Å². The predicted molar refractivity (Wildman–Crippen MR) is 101 cm³/mol. The fourth-order valence-electron chi connectivity index (χ4n) is 2.54.